The van der Waals surface area contributed by atoms with E-state index in [1.807, 2.05) is 73.8 Å². The second-order valence-corrected chi connectivity index (χ2v) is 10.3. The predicted molar refractivity (Wildman–Crippen MR) is 139 cm³/mol. The molecule has 1 aliphatic rings. The number of carbonyl (C=O) groups excluding carboxylic acids is 1. The Morgan fingerprint density at radius 1 is 1.09 bits per heavy atom. The minimum Gasteiger partial charge on any atom is -0.322 e. The highest BCUT2D eigenvalue weighted by Crippen LogP contribution is 2.31. The fourth-order valence-corrected chi connectivity index (χ4v) is 6.03. The minimum absolute atomic E-state index is 0.172. The van der Waals surface area contributed by atoms with Crippen molar-refractivity contribution in [3.8, 4) is 0 Å². The molecule has 1 amide bonds. The first-order chi connectivity index (χ1) is 16.4. The van der Waals surface area contributed by atoms with E-state index < -0.39 is 6.04 Å². The standard InChI is InChI=1S/C26H20ClN3O2S2/c1-15-12-13-33-20(15)14-21-25(32)30-23(17-8-10-18(27)11-9-17)22(16(2)28-26(30)34-21)24(31)29-19-6-4-3-5-7-19/h3-14,23H,1-2H3,(H,29,31)/b21-14+. The number of carbonyl (C=O) groups is 1. The Morgan fingerprint density at radius 3 is 2.50 bits per heavy atom. The van der Waals surface area contributed by atoms with E-state index in [-0.39, 0.29) is 11.5 Å². The number of halogens is 1. The molecule has 1 unspecified atom stereocenters. The number of thiophene rings is 1. The van der Waals surface area contributed by atoms with Crippen LogP contribution in [0.3, 0.4) is 0 Å². The van der Waals surface area contributed by atoms with Crippen molar-refractivity contribution in [1.82, 2.24) is 4.57 Å². The van der Waals surface area contributed by atoms with Crippen molar-refractivity contribution < 1.29 is 4.79 Å². The number of hydrogen-bond donors (Lipinski definition) is 1. The lowest BCUT2D eigenvalue weighted by Crippen LogP contribution is -2.40. The molecule has 1 N–H and O–H groups in total. The summed E-state index contributed by atoms with van der Waals surface area (Å²) in [4.78, 5) is 33.4. The summed E-state index contributed by atoms with van der Waals surface area (Å²) in [7, 11) is 0. The van der Waals surface area contributed by atoms with Gasteiger partial charge in [0.1, 0.15) is 0 Å². The van der Waals surface area contributed by atoms with Gasteiger partial charge in [-0.2, -0.15) is 0 Å². The number of nitrogens with one attached hydrogen (secondary N) is 1. The molecule has 5 rings (SSSR count). The van der Waals surface area contributed by atoms with Crippen molar-refractivity contribution in [2.45, 2.75) is 19.9 Å². The van der Waals surface area contributed by atoms with Crippen molar-refractivity contribution in [1.29, 1.82) is 0 Å². The highest BCUT2D eigenvalue weighted by molar-refractivity contribution is 7.11. The first-order valence-electron chi connectivity index (χ1n) is 10.6. The van der Waals surface area contributed by atoms with Gasteiger partial charge in [-0.1, -0.05) is 53.3 Å². The number of aromatic nitrogens is 1. The van der Waals surface area contributed by atoms with Gasteiger partial charge in [-0.25, -0.2) is 4.99 Å². The van der Waals surface area contributed by atoms with Gasteiger partial charge in [0.25, 0.3) is 11.5 Å². The van der Waals surface area contributed by atoms with Crippen molar-refractivity contribution in [3.63, 3.8) is 0 Å². The molecule has 0 saturated carbocycles. The van der Waals surface area contributed by atoms with E-state index in [1.165, 1.54) is 11.3 Å². The molecule has 0 aliphatic carbocycles. The van der Waals surface area contributed by atoms with E-state index in [0.29, 0.717) is 31.3 Å². The Bertz CT molecular complexity index is 1600. The number of fused-ring (bicyclic) bond motifs is 1. The largest absolute Gasteiger partial charge is 0.322 e. The number of amides is 1. The smallest absolute Gasteiger partial charge is 0.271 e. The molecule has 2 aromatic heterocycles. The summed E-state index contributed by atoms with van der Waals surface area (Å²) in [5.41, 5.74) is 3.41. The molecule has 34 heavy (non-hydrogen) atoms. The maximum Gasteiger partial charge on any atom is 0.271 e. The summed E-state index contributed by atoms with van der Waals surface area (Å²) in [5, 5.41) is 5.54. The molecular weight excluding hydrogens is 486 g/mol. The molecule has 2 aromatic carbocycles. The Kier molecular flexibility index (Phi) is 6.08. The first kappa shape index (κ1) is 22.5. The van der Waals surface area contributed by atoms with Crippen LogP contribution in [0.4, 0.5) is 5.69 Å². The van der Waals surface area contributed by atoms with Crippen molar-refractivity contribution >= 4 is 51.9 Å². The third kappa shape index (κ3) is 4.18. The number of aryl methyl sites for hydroxylation is 1. The Balaban J connectivity index is 1.69. The molecule has 1 atom stereocenters. The SMILES string of the molecule is CC1=C(C(=O)Nc2ccccc2)C(c2ccc(Cl)cc2)n2c(s/c(=C/c3sccc3C)c2=O)=N1. The quantitative estimate of drug-likeness (QED) is 0.429. The second-order valence-electron chi connectivity index (χ2n) is 7.92. The van der Waals surface area contributed by atoms with Crippen LogP contribution in [0.1, 0.15) is 29.0 Å². The fourth-order valence-electron chi connectivity index (χ4n) is 3.94. The molecule has 3 heterocycles. The van der Waals surface area contributed by atoms with Gasteiger partial charge in [-0.15, -0.1) is 11.3 Å². The molecule has 170 valence electrons. The molecule has 0 spiro atoms. The third-order valence-electron chi connectivity index (χ3n) is 5.65. The molecule has 0 bridgehead atoms. The highest BCUT2D eigenvalue weighted by atomic mass is 35.5. The first-order valence-corrected chi connectivity index (χ1v) is 12.7. The van der Waals surface area contributed by atoms with Crippen LogP contribution in [-0.4, -0.2) is 10.5 Å². The van der Waals surface area contributed by atoms with E-state index >= 15 is 0 Å². The molecule has 4 aromatic rings. The van der Waals surface area contributed by atoms with Crippen LogP contribution < -0.4 is 20.2 Å². The third-order valence-corrected chi connectivity index (χ3v) is 7.85. The second kappa shape index (κ2) is 9.18. The lowest BCUT2D eigenvalue weighted by Gasteiger charge is -2.25. The zero-order valence-electron chi connectivity index (χ0n) is 18.4. The normalized spacial score (nSPS) is 15.7. The summed E-state index contributed by atoms with van der Waals surface area (Å²) >= 11 is 9.06. The minimum atomic E-state index is -0.621. The summed E-state index contributed by atoms with van der Waals surface area (Å²) < 4.78 is 2.20. The zero-order chi connectivity index (χ0) is 23.8. The number of thiazole rings is 1. The average Bonchev–Trinajstić information content (AvgIpc) is 3.36. The molecule has 0 fully saturated rings. The van der Waals surface area contributed by atoms with E-state index in [1.54, 1.807) is 28.0 Å². The summed E-state index contributed by atoms with van der Waals surface area (Å²) in [6.07, 6.45) is 1.91. The van der Waals surface area contributed by atoms with Gasteiger partial charge in [0.05, 0.1) is 21.8 Å². The maximum absolute atomic E-state index is 13.6. The summed E-state index contributed by atoms with van der Waals surface area (Å²) in [5.74, 6) is -0.296. The van der Waals surface area contributed by atoms with E-state index in [4.69, 9.17) is 11.6 Å². The Morgan fingerprint density at radius 2 is 1.82 bits per heavy atom. The van der Waals surface area contributed by atoms with Gasteiger partial charge in [-0.3, -0.25) is 14.2 Å². The number of nitrogens with zero attached hydrogens (tertiary/aromatic N) is 2. The van der Waals surface area contributed by atoms with Crippen molar-refractivity contribution in [3.05, 3.63) is 118 Å². The van der Waals surface area contributed by atoms with Crippen LogP contribution in [0.5, 0.6) is 0 Å². The summed E-state index contributed by atoms with van der Waals surface area (Å²) in [6.45, 7) is 3.83. The Labute approximate surface area is 209 Å². The number of anilines is 1. The predicted octanol–water partition coefficient (Wildman–Crippen LogP) is 4.90. The van der Waals surface area contributed by atoms with Gasteiger partial charge in [-0.05, 0) is 66.8 Å². The van der Waals surface area contributed by atoms with Crippen LogP contribution in [0.2, 0.25) is 5.02 Å². The van der Waals surface area contributed by atoms with Crippen LogP contribution in [0, 0.1) is 6.92 Å². The maximum atomic E-state index is 13.6. The van der Waals surface area contributed by atoms with E-state index in [0.717, 1.165) is 16.0 Å². The van der Waals surface area contributed by atoms with Crippen LogP contribution in [0.25, 0.3) is 6.08 Å². The fraction of sp³-hybridized carbons (Fsp3) is 0.115. The molecular formula is C26H20ClN3O2S2. The number of benzene rings is 2. The molecule has 1 aliphatic heterocycles. The van der Waals surface area contributed by atoms with Gasteiger partial charge < -0.3 is 5.32 Å². The van der Waals surface area contributed by atoms with Crippen LogP contribution in [-0.2, 0) is 4.79 Å². The Hall–Kier alpha value is -3.26. The number of hydrogen-bond acceptors (Lipinski definition) is 5. The van der Waals surface area contributed by atoms with Gasteiger partial charge >= 0.3 is 0 Å². The molecule has 0 saturated heterocycles. The van der Waals surface area contributed by atoms with Gasteiger partial charge in [0.2, 0.25) is 0 Å². The summed E-state index contributed by atoms with van der Waals surface area (Å²) in [6, 6.07) is 17.9. The zero-order valence-corrected chi connectivity index (χ0v) is 20.8. The van der Waals surface area contributed by atoms with E-state index in [9.17, 15) is 9.59 Å². The van der Waals surface area contributed by atoms with E-state index in [2.05, 4.69) is 10.3 Å². The molecule has 0 radical (unpaired) electrons. The number of rotatable bonds is 4. The lowest BCUT2D eigenvalue weighted by atomic mass is 9.95. The van der Waals surface area contributed by atoms with Gasteiger partial charge in [0, 0.05) is 15.6 Å². The lowest BCUT2D eigenvalue weighted by molar-refractivity contribution is -0.113. The number of para-hydroxylation sites is 1. The van der Waals surface area contributed by atoms with Crippen LogP contribution in [0.15, 0.2) is 87.1 Å². The molecule has 8 heteroatoms. The average molecular weight is 506 g/mol. The number of allylic oxidation sites excluding steroid dienone is 1. The highest BCUT2D eigenvalue weighted by Gasteiger charge is 2.32. The van der Waals surface area contributed by atoms with Crippen LogP contribution >= 0.6 is 34.3 Å². The molecule has 5 nitrogen and oxygen atoms in total. The van der Waals surface area contributed by atoms with Gasteiger partial charge in [0.15, 0.2) is 4.80 Å². The topological polar surface area (TPSA) is 63.5 Å². The van der Waals surface area contributed by atoms with Crippen molar-refractivity contribution in [2.75, 3.05) is 5.32 Å². The monoisotopic (exact) mass is 505 g/mol. The van der Waals surface area contributed by atoms with Crippen molar-refractivity contribution in [2.24, 2.45) is 4.99 Å².